The van der Waals surface area contributed by atoms with Gasteiger partial charge in [-0.15, -0.1) is 0 Å². The highest BCUT2D eigenvalue weighted by atomic mass is 16.6. The van der Waals surface area contributed by atoms with Gasteiger partial charge in [-0.1, -0.05) is 132 Å². The molecular formula is C72H153N5O17. The Morgan fingerprint density at radius 3 is 0.713 bits per heavy atom. The van der Waals surface area contributed by atoms with E-state index in [4.69, 9.17) is 71.1 Å². The van der Waals surface area contributed by atoms with Crippen LogP contribution in [0.25, 0.3) is 0 Å². The Labute approximate surface area is 576 Å². The molecular weight excluding hydrogens is 1210 g/mol. The second-order valence-electron chi connectivity index (χ2n) is 28.4. The fourth-order valence-corrected chi connectivity index (χ4v) is 6.98. The molecule has 0 rings (SSSR count). The highest BCUT2D eigenvalue weighted by Gasteiger charge is 2.12. The van der Waals surface area contributed by atoms with Gasteiger partial charge >= 0.3 is 0 Å². The lowest BCUT2D eigenvalue weighted by Gasteiger charge is -2.17. The monoisotopic (exact) mass is 1360 g/mol. The fraction of sp³-hybridized carbons (Fsp3) is 0.972. The summed E-state index contributed by atoms with van der Waals surface area (Å²) in [7, 11) is 0. The molecule has 94 heavy (non-hydrogen) atoms. The van der Waals surface area contributed by atoms with Crippen LogP contribution in [0.5, 0.6) is 0 Å². The Balaban J connectivity index is -0.000000580. The quantitative estimate of drug-likeness (QED) is 0.0356. The van der Waals surface area contributed by atoms with Crippen LogP contribution < -0.4 is 26.6 Å². The summed E-state index contributed by atoms with van der Waals surface area (Å²) in [6, 6.07) is 1.47. The minimum Gasteiger partial charge on any atom is -0.380 e. The highest BCUT2D eigenvalue weighted by Crippen LogP contribution is 2.20. The maximum Gasteiger partial charge on any atom is 0.222 e. The van der Waals surface area contributed by atoms with Crippen molar-refractivity contribution in [2.75, 3.05) is 231 Å². The first-order valence-electron chi connectivity index (χ1n) is 36.1. The van der Waals surface area contributed by atoms with Crippen LogP contribution in [0.3, 0.4) is 0 Å². The third-order valence-corrected chi connectivity index (χ3v) is 12.7. The van der Waals surface area contributed by atoms with E-state index in [-0.39, 0.29) is 11.8 Å². The number of nitrogens with one attached hydrogen (secondary N) is 5. The van der Waals surface area contributed by atoms with Crippen LogP contribution in [0.1, 0.15) is 183 Å². The van der Waals surface area contributed by atoms with Gasteiger partial charge in [0.1, 0.15) is 0 Å². The van der Waals surface area contributed by atoms with Gasteiger partial charge in [0.05, 0.1) is 165 Å². The zero-order chi connectivity index (χ0) is 71.1. The SMILES string of the molecule is CC(C)(C)CCCOCCOCCOCCC(C)(C)C.CC(C)CCOCCNC(=O)CCOCCOCCNC(C)C.CC(C)CCOCCNC(=O)CCOCCOCCOCCOCCNC(C)C.CC(C)NCCOCCOCCOCCOCCC(C)(C)C. The number of ether oxygens (including phenoxy) is 15. The van der Waals surface area contributed by atoms with Gasteiger partial charge in [0, 0.05) is 96.7 Å². The first-order valence-corrected chi connectivity index (χ1v) is 36.1. The van der Waals surface area contributed by atoms with Gasteiger partial charge in [-0.05, 0) is 66.6 Å². The Hall–Kier alpha value is -1.78. The summed E-state index contributed by atoms with van der Waals surface area (Å²) in [5.41, 5.74) is 1.09. The molecule has 0 aliphatic carbocycles. The highest BCUT2D eigenvalue weighted by molar-refractivity contribution is 5.76. The molecule has 0 aliphatic heterocycles. The van der Waals surface area contributed by atoms with Crippen molar-refractivity contribution in [3.8, 4) is 0 Å². The Morgan fingerprint density at radius 1 is 0.255 bits per heavy atom. The van der Waals surface area contributed by atoms with Crippen LogP contribution in [-0.2, 0) is 80.6 Å². The van der Waals surface area contributed by atoms with E-state index in [1.165, 1.54) is 6.42 Å². The van der Waals surface area contributed by atoms with Gasteiger partial charge in [0.2, 0.25) is 11.8 Å². The van der Waals surface area contributed by atoms with Crippen LogP contribution in [-0.4, -0.2) is 261 Å². The van der Waals surface area contributed by atoms with Crippen LogP contribution in [0, 0.1) is 28.1 Å². The van der Waals surface area contributed by atoms with E-state index in [9.17, 15) is 9.59 Å². The molecule has 0 aromatic rings. The smallest absolute Gasteiger partial charge is 0.222 e. The fourth-order valence-electron chi connectivity index (χ4n) is 6.98. The number of carbonyl (C=O) groups excluding carboxylic acids is 2. The van der Waals surface area contributed by atoms with E-state index in [0.717, 1.165) is 91.4 Å². The molecule has 2 amide bonds. The van der Waals surface area contributed by atoms with Crippen LogP contribution >= 0.6 is 0 Å². The molecule has 0 unspecified atom stereocenters. The summed E-state index contributed by atoms with van der Waals surface area (Å²) in [4.78, 5) is 23.2. The molecule has 0 fully saturated rings. The van der Waals surface area contributed by atoms with Gasteiger partial charge in [-0.25, -0.2) is 0 Å². The second kappa shape index (κ2) is 73.9. The first kappa shape index (κ1) is 98.6. The van der Waals surface area contributed by atoms with E-state index in [1.54, 1.807) is 0 Å². The van der Waals surface area contributed by atoms with Crippen molar-refractivity contribution in [3.05, 3.63) is 0 Å². The van der Waals surface area contributed by atoms with Crippen molar-refractivity contribution in [1.29, 1.82) is 0 Å². The Kier molecular flexibility index (Phi) is 77.5. The number of rotatable bonds is 64. The lowest BCUT2D eigenvalue weighted by Crippen LogP contribution is -2.28. The predicted molar refractivity (Wildman–Crippen MR) is 383 cm³/mol. The lowest BCUT2D eigenvalue weighted by atomic mass is 9.91. The Morgan fingerprint density at radius 2 is 0.468 bits per heavy atom. The van der Waals surface area contributed by atoms with E-state index < -0.39 is 0 Å². The van der Waals surface area contributed by atoms with Gasteiger partial charge in [0.15, 0.2) is 0 Å². The summed E-state index contributed by atoms with van der Waals surface area (Å²) < 4.78 is 81.6. The zero-order valence-corrected chi connectivity index (χ0v) is 64.2. The largest absolute Gasteiger partial charge is 0.380 e. The second-order valence-corrected chi connectivity index (χ2v) is 28.4. The third kappa shape index (κ3) is 106. The summed E-state index contributed by atoms with van der Waals surface area (Å²) >= 11 is 0. The third-order valence-electron chi connectivity index (χ3n) is 12.7. The minimum atomic E-state index is -0.0195. The van der Waals surface area contributed by atoms with Crippen molar-refractivity contribution < 1.29 is 80.6 Å². The molecule has 0 saturated heterocycles. The van der Waals surface area contributed by atoms with Gasteiger partial charge in [-0.2, -0.15) is 0 Å². The summed E-state index contributed by atoms with van der Waals surface area (Å²) in [6.45, 7) is 63.8. The minimum absolute atomic E-state index is 0.000452. The molecule has 0 bridgehead atoms. The molecule has 0 radical (unpaired) electrons. The Bertz CT molecular complexity index is 1480. The summed E-state index contributed by atoms with van der Waals surface area (Å²) in [5.74, 6) is 1.27. The molecule has 22 nitrogen and oxygen atoms in total. The van der Waals surface area contributed by atoms with E-state index in [2.05, 4.69) is 158 Å². The average molecular weight is 1360 g/mol. The number of carbonyl (C=O) groups is 2. The summed E-state index contributed by atoms with van der Waals surface area (Å²) in [6.07, 6.45) is 7.31. The van der Waals surface area contributed by atoms with Crippen LogP contribution in [0.2, 0.25) is 0 Å². The van der Waals surface area contributed by atoms with Crippen molar-refractivity contribution in [2.24, 2.45) is 28.1 Å². The normalized spacial score (nSPS) is 12.0. The molecule has 0 saturated carbocycles. The summed E-state index contributed by atoms with van der Waals surface area (Å²) in [5, 5.41) is 15.5. The van der Waals surface area contributed by atoms with E-state index in [0.29, 0.717) is 231 Å². The maximum atomic E-state index is 11.6. The van der Waals surface area contributed by atoms with Crippen LogP contribution in [0.15, 0.2) is 0 Å². The molecule has 568 valence electrons. The number of amides is 2. The molecule has 5 N–H and O–H groups in total. The molecule has 0 spiro atoms. The molecule has 0 aromatic carbocycles. The van der Waals surface area contributed by atoms with E-state index >= 15 is 0 Å². The molecule has 0 atom stereocenters. The average Bonchev–Trinajstić information content (AvgIpc) is 3.24. The molecule has 22 heteroatoms. The van der Waals surface area contributed by atoms with Crippen molar-refractivity contribution in [1.82, 2.24) is 26.6 Å². The van der Waals surface area contributed by atoms with Crippen molar-refractivity contribution in [3.63, 3.8) is 0 Å². The van der Waals surface area contributed by atoms with Gasteiger partial charge in [-0.3, -0.25) is 9.59 Å². The van der Waals surface area contributed by atoms with Gasteiger partial charge in [0.25, 0.3) is 0 Å². The maximum absolute atomic E-state index is 11.6. The number of hydrogen-bond donors (Lipinski definition) is 5. The molecule has 0 aromatic heterocycles. The van der Waals surface area contributed by atoms with Crippen molar-refractivity contribution in [2.45, 2.75) is 201 Å². The molecule has 0 heterocycles. The predicted octanol–water partition coefficient (Wildman–Crippen LogP) is 9.99. The topological polar surface area (TPSA) is 233 Å². The van der Waals surface area contributed by atoms with Gasteiger partial charge < -0.3 is 97.6 Å². The van der Waals surface area contributed by atoms with Crippen LogP contribution in [0.4, 0.5) is 0 Å². The lowest BCUT2D eigenvalue weighted by molar-refractivity contribution is -0.123. The first-order chi connectivity index (χ1) is 44.7. The van der Waals surface area contributed by atoms with Crippen molar-refractivity contribution >= 4 is 11.8 Å². The zero-order valence-electron chi connectivity index (χ0n) is 64.2. The van der Waals surface area contributed by atoms with E-state index in [1.807, 2.05) is 0 Å². The molecule has 0 aliphatic rings. The standard InChI is InChI=1S/C21H44N2O6.C17H36N2O4.C17H37NO4.C17H36O3/c1-19(2)5-9-25-12-8-23-21(24)6-10-26-13-15-28-17-18-29-16-14-27-11-7-22-20(3)4;1-15(2)5-9-21-12-8-19-17(20)6-10-22-13-14-23-11-7-18-16(3)4;1-16(2)18-7-9-20-11-13-22-15-14-21-12-10-19-8-6-17(3,4)5;1-16(2,3)8-7-10-18-12-14-20-15-13-19-11-9-17(4,5)6/h19-20,22H,5-18H2,1-4H3,(H,23,24);15-16,18H,5-14H2,1-4H3,(H,19,20);16,18H,6-15H2,1-5H3;7-15H2,1-6H3. The number of hydrogen-bond acceptors (Lipinski definition) is 20.